The molecule has 3 rings (SSSR count). The molecule has 1 aromatic heterocycles. The fourth-order valence-corrected chi connectivity index (χ4v) is 2.95. The predicted molar refractivity (Wildman–Crippen MR) is 78.5 cm³/mol. The minimum absolute atomic E-state index is 0.127. The first-order valence-electron chi connectivity index (χ1n) is 7.03. The summed E-state index contributed by atoms with van der Waals surface area (Å²) >= 11 is 0. The highest BCUT2D eigenvalue weighted by atomic mass is 16.2. The summed E-state index contributed by atoms with van der Waals surface area (Å²) in [7, 11) is 0. The second kappa shape index (κ2) is 5.54. The summed E-state index contributed by atoms with van der Waals surface area (Å²) in [5, 5.41) is 4.55. The van der Waals surface area contributed by atoms with Gasteiger partial charge in [-0.15, -0.1) is 0 Å². The molecular weight excluding hydrogens is 252 g/mol. The minimum atomic E-state index is -0.560. The van der Waals surface area contributed by atoms with Crippen molar-refractivity contribution in [1.82, 2.24) is 20.9 Å². The normalized spacial score (nSPS) is 19.4. The van der Waals surface area contributed by atoms with E-state index in [9.17, 15) is 4.79 Å². The number of aryl methyl sites for hydroxylation is 1. The van der Waals surface area contributed by atoms with Crippen LogP contribution >= 0.6 is 0 Å². The van der Waals surface area contributed by atoms with E-state index in [0.717, 1.165) is 31.4 Å². The maximum atomic E-state index is 11.3. The van der Waals surface area contributed by atoms with Gasteiger partial charge in [0, 0.05) is 42.8 Å². The summed E-state index contributed by atoms with van der Waals surface area (Å²) in [6, 6.07) is 7.82. The van der Waals surface area contributed by atoms with Gasteiger partial charge >= 0.3 is 6.03 Å². The summed E-state index contributed by atoms with van der Waals surface area (Å²) < 4.78 is 0. The molecule has 0 spiro atoms. The molecule has 1 atom stereocenters. The largest absolute Gasteiger partial charge is 0.361 e. The van der Waals surface area contributed by atoms with Crippen LogP contribution in [0.3, 0.4) is 0 Å². The molecule has 3 N–H and O–H groups in total. The number of para-hydroxylation sites is 1. The number of piperazine rings is 1. The molecule has 1 saturated heterocycles. The van der Waals surface area contributed by atoms with Gasteiger partial charge in [-0.1, -0.05) is 18.2 Å². The van der Waals surface area contributed by atoms with Crippen LogP contribution in [0.25, 0.3) is 10.9 Å². The summed E-state index contributed by atoms with van der Waals surface area (Å²) in [6.07, 6.45) is 3.85. The average Bonchev–Trinajstić information content (AvgIpc) is 2.88. The highest BCUT2D eigenvalue weighted by Crippen LogP contribution is 2.20. The van der Waals surface area contributed by atoms with E-state index in [1.165, 1.54) is 10.9 Å². The van der Waals surface area contributed by atoms with Crippen LogP contribution in [0, 0.1) is 0 Å². The molecule has 0 saturated carbocycles. The second-order valence-corrected chi connectivity index (χ2v) is 5.25. The first-order chi connectivity index (χ1) is 9.75. The standard InChI is InChI=1S/C15H19N4O/c16-15(20)19-8-7-17-10-12(19)6-5-11-9-18-14-4-2-1-3-13(11)14/h1-4,9,12,16-18H,5-8,10H2. The van der Waals surface area contributed by atoms with Crippen LogP contribution in [0.15, 0.2) is 30.5 Å². The Labute approximate surface area is 118 Å². The maximum Gasteiger partial charge on any atom is 0.336 e. The molecule has 1 fully saturated rings. The number of rotatable bonds is 3. The highest BCUT2D eigenvalue weighted by Gasteiger charge is 2.25. The van der Waals surface area contributed by atoms with Crippen LogP contribution in [-0.2, 0) is 6.42 Å². The van der Waals surface area contributed by atoms with Crippen molar-refractivity contribution in [2.24, 2.45) is 0 Å². The number of fused-ring (bicyclic) bond motifs is 1. The van der Waals surface area contributed by atoms with E-state index >= 15 is 0 Å². The topological polar surface area (TPSA) is 71.9 Å². The molecule has 5 heteroatoms. The van der Waals surface area contributed by atoms with Gasteiger partial charge < -0.3 is 15.2 Å². The fraction of sp³-hybridized carbons (Fsp3) is 0.400. The van der Waals surface area contributed by atoms with E-state index in [0.29, 0.717) is 6.54 Å². The number of amides is 2. The smallest absolute Gasteiger partial charge is 0.336 e. The number of aromatic nitrogens is 1. The molecule has 2 aromatic rings. The number of H-pyrrole nitrogens is 1. The number of benzene rings is 1. The van der Waals surface area contributed by atoms with Gasteiger partial charge in [0.05, 0.1) is 0 Å². The molecule has 2 heterocycles. The number of nitrogens with one attached hydrogen (secondary N) is 3. The van der Waals surface area contributed by atoms with Crippen molar-refractivity contribution in [3.8, 4) is 0 Å². The van der Waals surface area contributed by atoms with Crippen molar-refractivity contribution < 1.29 is 4.79 Å². The van der Waals surface area contributed by atoms with E-state index in [4.69, 9.17) is 5.73 Å². The van der Waals surface area contributed by atoms with Crippen LogP contribution in [0.4, 0.5) is 4.79 Å². The average molecular weight is 271 g/mol. The lowest BCUT2D eigenvalue weighted by molar-refractivity contribution is 0.161. The minimum Gasteiger partial charge on any atom is -0.361 e. The maximum absolute atomic E-state index is 11.3. The van der Waals surface area contributed by atoms with Crippen LogP contribution < -0.4 is 11.1 Å². The number of nitrogens with zero attached hydrogens (tertiary/aromatic N) is 1. The zero-order valence-corrected chi connectivity index (χ0v) is 11.4. The van der Waals surface area contributed by atoms with Crippen molar-refractivity contribution in [3.63, 3.8) is 0 Å². The second-order valence-electron chi connectivity index (χ2n) is 5.25. The lowest BCUT2D eigenvalue weighted by atomic mass is 10.0. The van der Waals surface area contributed by atoms with Crippen LogP contribution in [0.2, 0.25) is 0 Å². The van der Waals surface area contributed by atoms with E-state index in [2.05, 4.69) is 22.4 Å². The summed E-state index contributed by atoms with van der Waals surface area (Å²) in [5.41, 5.74) is 9.77. The van der Waals surface area contributed by atoms with E-state index in [-0.39, 0.29) is 6.04 Å². The van der Waals surface area contributed by atoms with Crippen LogP contribution in [0.1, 0.15) is 12.0 Å². The Bertz CT molecular complexity index is 607. The van der Waals surface area contributed by atoms with Gasteiger partial charge in [-0.3, -0.25) is 0 Å². The van der Waals surface area contributed by atoms with Crippen molar-refractivity contribution in [2.75, 3.05) is 19.6 Å². The molecule has 5 nitrogen and oxygen atoms in total. The Morgan fingerprint density at radius 3 is 3.10 bits per heavy atom. The lowest BCUT2D eigenvalue weighted by Crippen LogP contribution is -2.53. The highest BCUT2D eigenvalue weighted by molar-refractivity contribution is 5.83. The van der Waals surface area contributed by atoms with Crippen molar-refractivity contribution in [3.05, 3.63) is 36.0 Å². The fourth-order valence-electron chi connectivity index (χ4n) is 2.95. The number of aromatic amines is 1. The molecule has 0 aliphatic carbocycles. The summed E-state index contributed by atoms with van der Waals surface area (Å²) in [6.45, 7) is 2.21. The van der Waals surface area contributed by atoms with Gasteiger partial charge in [-0.2, -0.15) is 0 Å². The van der Waals surface area contributed by atoms with Gasteiger partial charge in [0.2, 0.25) is 0 Å². The van der Waals surface area contributed by atoms with E-state index in [1.807, 2.05) is 18.3 Å². The van der Waals surface area contributed by atoms with Crippen molar-refractivity contribution >= 4 is 16.9 Å². The first kappa shape index (κ1) is 13.0. The van der Waals surface area contributed by atoms with Crippen molar-refractivity contribution in [2.45, 2.75) is 18.9 Å². The molecule has 1 aromatic carbocycles. The van der Waals surface area contributed by atoms with Gasteiger partial charge in [-0.25, -0.2) is 10.5 Å². The number of carbonyl (C=O) groups is 1. The van der Waals surface area contributed by atoms with Crippen LogP contribution in [0.5, 0.6) is 0 Å². The Balaban J connectivity index is 1.70. The number of hydrogen-bond acceptors (Lipinski definition) is 2. The SMILES string of the molecule is [NH]C(=O)N1CCNCC1CCc1c[nH]c2ccccc12. The summed E-state index contributed by atoms with van der Waals surface area (Å²) in [5.74, 6) is 0. The Morgan fingerprint density at radius 2 is 2.25 bits per heavy atom. The third-order valence-electron chi connectivity index (χ3n) is 4.03. The molecule has 1 radical (unpaired) electrons. The molecule has 1 aliphatic heterocycles. The predicted octanol–water partition coefficient (Wildman–Crippen LogP) is 1.78. The van der Waals surface area contributed by atoms with Gasteiger partial charge in [0.15, 0.2) is 0 Å². The third kappa shape index (κ3) is 2.49. The quantitative estimate of drug-likeness (QED) is 0.893. The van der Waals surface area contributed by atoms with E-state index < -0.39 is 6.03 Å². The number of hydrogen-bond donors (Lipinski definition) is 2. The third-order valence-corrected chi connectivity index (χ3v) is 4.03. The Hall–Kier alpha value is -2.01. The zero-order chi connectivity index (χ0) is 13.9. The Kier molecular flexibility index (Phi) is 3.60. The van der Waals surface area contributed by atoms with Gasteiger partial charge in [0.25, 0.3) is 0 Å². The molecule has 2 amide bonds. The molecule has 1 aliphatic rings. The summed E-state index contributed by atoms with van der Waals surface area (Å²) in [4.78, 5) is 16.3. The number of carbonyl (C=O) groups excluding carboxylic acids is 1. The zero-order valence-electron chi connectivity index (χ0n) is 11.4. The molecular formula is C15H19N4O. The van der Waals surface area contributed by atoms with Gasteiger partial charge in [-0.05, 0) is 24.5 Å². The van der Waals surface area contributed by atoms with Gasteiger partial charge in [0.1, 0.15) is 0 Å². The lowest BCUT2D eigenvalue weighted by Gasteiger charge is -2.34. The molecule has 1 unspecified atom stereocenters. The molecule has 105 valence electrons. The molecule has 0 bridgehead atoms. The first-order valence-corrected chi connectivity index (χ1v) is 7.03. The molecule has 20 heavy (non-hydrogen) atoms. The Morgan fingerprint density at radius 1 is 1.40 bits per heavy atom. The monoisotopic (exact) mass is 271 g/mol. The van der Waals surface area contributed by atoms with Crippen molar-refractivity contribution in [1.29, 1.82) is 0 Å². The van der Waals surface area contributed by atoms with Crippen LogP contribution in [-0.4, -0.2) is 41.6 Å². The van der Waals surface area contributed by atoms with E-state index in [1.54, 1.807) is 4.90 Å². The number of urea groups is 1.